The van der Waals surface area contributed by atoms with Crippen LogP contribution < -0.4 is 10.6 Å². The van der Waals surface area contributed by atoms with Gasteiger partial charge in [0.15, 0.2) is 0 Å². The molecule has 0 atom stereocenters. The highest BCUT2D eigenvalue weighted by Crippen LogP contribution is 2.36. The fourth-order valence-electron chi connectivity index (χ4n) is 1.98. The van der Waals surface area contributed by atoms with Gasteiger partial charge in [0.1, 0.15) is 7.80 Å². The Morgan fingerprint density at radius 1 is 0.714 bits per heavy atom. The van der Waals surface area contributed by atoms with E-state index >= 15 is 0 Å². The van der Waals surface area contributed by atoms with Crippen LogP contribution in [-0.2, 0) is 4.57 Å². The highest BCUT2D eigenvalue weighted by atomic mass is 31.1. The molecule has 0 radical (unpaired) electrons. The lowest BCUT2D eigenvalue weighted by Crippen LogP contribution is -1.96. The first kappa shape index (κ1) is 8.02. The second-order valence-corrected chi connectivity index (χ2v) is 5.16. The van der Waals surface area contributed by atoms with Crippen molar-refractivity contribution in [3.8, 4) is 11.1 Å². The van der Waals surface area contributed by atoms with E-state index in [0.29, 0.717) is 0 Å². The monoisotopic (exact) mass is 200 g/mol. The summed E-state index contributed by atoms with van der Waals surface area (Å²) in [6.07, 6.45) is 0. The minimum absolute atomic E-state index is 1.01. The molecule has 0 bridgehead atoms. The Labute approximate surface area is 83.2 Å². The molecule has 0 saturated heterocycles. The number of hydrogen-bond donors (Lipinski definition) is 0. The van der Waals surface area contributed by atoms with Crippen LogP contribution in [0.1, 0.15) is 0 Å². The van der Waals surface area contributed by atoms with Crippen molar-refractivity contribution in [2.24, 2.45) is 0 Å². The summed E-state index contributed by atoms with van der Waals surface area (Å²) in [6, 6.07) is 15.9. The second-order valence-electron chi connectivity index (χ2n) is 3.42. The molecular weight excluding hydrogens is 191 g/mol. The Hall–Kier alpha value is -1.33. The van der Waals surface area contributed by atoms with Gasteiger partial charge in [0.25, 0.3) is 0 Å². The molecule has 0 amide bonds. The van der Waals surface area contributed by atoms with E-state index in [2.05, 4.69) is 0 Å². The number of fused-ring (bicyclic) bond motifs is 3. The largest absolute Gasteiger partial charge is 0.317 e. The quantitative estimate of drug-likeness (QED) is 0.508. The van der Waals surface area contributed by atoms with Crippen molar-refractivity contribution >= 4 is 18.4 Å². The Kier molecular flexibility index (Phi) is 1.62. The predicted molar refractivity (Wildman–Crippen MR) is 60.1 cm³/mol. The van der Waals surface area contributed by atoms with Gasteiger partial charge in [-0.1, -0.05) is 48.5 Å². The van der Waals surface area contributed by atoms with Crippen LogP contribution in [0.5, 0.6) is 0 Å². The van der Waals surface area contributed by atoms with E-state index in [-0.39, 0.29) is 0 Å². The molecule has 1 aliphatic rings. The van der Waals surface area contributed by atoms with Gasteiger partial charge < -0.3 is 4.57 Å². The third-order valence-corrected chi connectivity index (χ3v) is 4.48. The van der Waals surface area contributed by atoms with Gasteiger partial charge in [0.05, 0.1) is 0 Å². The van der Waals surface area contributed by atoms with E-state index < -0.39 is 7.80 Å². The van der Waals surface area contributed by atoms with Crippen molar-refractivity contribution < 1.29 is 4.57 Å². The van der Waals surface area contributed by atoms with Crippen LogP contribution in [-0.4, -0.2) is 0 Å². The van der Waals surface area contributed by atoms with E-state index in [1.165, 1.54) is 0 Å². The molecule has 14 heavy (non-hydrogen) atoms. The van der Waals surface area contributed by atoms with Crippen LogP contribution in [0.15, 0.2) is 48.5 Å². The van der Waals surface area contributed by atoms with Gasteiger partial charge in [0.2, 0.25) is 0 Å². The zero-order valence-electron chi connectivity index (χ0n) is 7.53. The average molecular weight is 200 g/mol. The molecule has 1 heterocycles. The van der Waals surface area contributed by atoms with Crippen LogP contribution in [0.25, 0.3) is 11.1 Å². The van der Waals surface area contributed by atoms with Gasteiger partial charge in [0, 0.05) is 10.6 Å². The lowest BCUT2D eigenvalue weighted by molar-refractivity contribution is 0.598. The van der Waals surface area contributed by atoms with Crippen LogP contribution >= 0.6 is 7.80 Å². The minimum atomic E-state index is -1.72. The molecule has 1 aliphatic heterocycles. The Morgan fingerprint density at radius 3 is 1.64 bits per heavy atom. The first-order valence-corrected chi connectivity index (χ1v) is 6.02. The zero-order chi connectivity index (χ0) is 9.54. The van der Waals surface area contributed by atoms with Crippen LogP contribution in [0.3, 0.4) is 0 Å². The highest BCUT2D eigenvalue weighted by molar-refractivity contribution is 7.63. The Balaban J connectivity index is 2.42. The summed E-state index contributed by atoms with van der Waals surface area (Å²) in [5.41, 5.74) is 2.29. The highest BCUT2D eigenvalue weighted by Gasteiger charge is 2.23. The summed E-state index contributed by atoms with van der Waals surface area (Å²) in [7, 11) is -1.72. The summed E-state index contributed by atoms with van der Waals surface area (Å²) < 4.78 is 12.1. The molecule has 0 saturated carbocycles. The summed E-state index contributed by atoms with van der Waals surface area (Å²) in [6.45, 7) is 0. The van der Waals surface area contributed by atoms with Gasteiger partial charge in [-0.3, -0.25) is 0 Å². The summed E-state index contributed by atoms with van der Waals surface area (Å²) in [5, 5.41) is 2.03. The topological polar surface area (TPSA) is 17.1 Å². The lowest BCUT2D eigenvalue weighted by atomic mass is 10.1. The van der Waals surface area contributed by atoms with Crippen LogP contribution in [0.2, 0.25) is 0 Å². The standard InChI is InChI=1S/C12H9OP/c13-14-11-7-3-1-5-9(11)10-6-2-4-8-12(10)14/h1-8,14H. The van der Waals surface area contributed by atoms with Crippen molar-refractivity contribution in [1.29, 1.82) is 0 Å². The maximum Gasteiger partial charge on any atom is 0.133 e. The lowest BCUT2D eigenvalue weighted by Gasteiger charge is -1.96. The van der Waals surface area contributed by atoms with Crippen molar-refractivity contribution in [1.82, 2.24) is 0 Å². The molecule has 1 nitrogen and oxygen atoms in total. The molecule has 0 N–H and O–H groups in total. The minimum Gasteiger partial charge on any atom is -0.317 e. The fourth-order valence-corrected chi connectivity index (χ4v) is 3.69. The summed E-state index contributed by atoms with van der Waals surface area (Å²) in [5.74, 6) is 0. The van der Waals surface area contributed by atoms with Gasteiger partial charge in [-0.2, -0.15) is 0 Å². The van der Waals surface area contributed by atoms with Crippen molar-refractivity contribution in [2.75, 3.05) is 0 Å². The van der Waals surface area contributed by atoms with Crippen molar-refractivity contribution in [3.63, 3.8) is 0 Å². The average Bonchev–Trinajstić information content (AvgIpc) is 2.55. The normalized spacial score (nSPS) is 13.7. The first-order valence-electron chi connectivity index (χ1n) is 4.61. The third kappa shape index (κ3) is 0.935. The van der Waals surface area contributed by atoms with E-state index in [1.807, 2.05) is 48.5 Å². The summed E-state index contributed by atoms with van der Waals surface area (Å²) in [4.78, 5) is 0. The molecule has 0 spiro atoms. The SMILES string of the molecule is O=[PH]1c2ccccc2-c2ccccc21. The molecule has 3 rings (SSSR count). The Bertz CT molecular complexity index is 484. The van der Waals surface area contributed by atoms with Gasteiger partial charge in [-0.15, -0.1) is 0 Å². The van der Waals surface area contributed by atoms with E-state index in [1.54, 1.807) is 0 Å². The molecule has 2 aromatic carbocycles. The molecule has 0 unspecified atom stereocenters. The smallest absolute Gasteiger partial charge is 0.133 e. The summed E-state index contributed by atoms with van der Waals surface area (Å²) >= 11 is 0. The molecule has 2 heteroatoms. The molecular formula is C12H9OP. The number of rotatable bonds is 0. The molecule has 0 aliphatic carbocycles. The molecule has 68 valence electrons. The van der Waals surface area contributed by atoms with Crippen molar-refractivity contribution in [3.05, 3.63) is 48.5 Å². The van der Waals surface area contributed by atoms with Gasteiger partial charge >= 0.3 is 0 Å². The van der Waals surface area contributed by atoms with E-state index in [0.717, 1.165) is 21.7 Å². The molecule has 2 aromatic rings. The van der Waals surface area contributed by atoms with Crippen LogP contribution in [0, 0.1) is 0 Å². The van der Waals surface area contributed by atoms with Crippen molar-refractivity contribution in [2.45, 2.75) is 0 Å². The zero-order valence-corrected chi connectivity index (χ0v) is 8.53. The van der Waals surface area contributed by atoms with E-state index in [9.17, 15) is 4.57 Å². The molecule has 0 fully saturated rings. The number of benzene rings is 2. The second kappa shape index (κ2) is 2.83. The number of hydrogen-bond acceptors (Lipinski definition) is 1. The molecule has 0 aromatic heterocycles. The van der Waals surface area contributed by atoms with E-state index in [4.69, 9.17) is 0 Å². The fraction of sp³-hybridized carbons (Fsp3) is 0. The third-order valence-electron chi connectivity index (χ3n) is 2.63. The Morgan fingerprint density at radius 2 is 1.14 bits per heavy atom. The van der Waals surface area contributed by atoms with Gasteiger partial charge in [-0.05, 0) is 11.1 Å². The maximum atomic E-state index is 12.1. The van der Waals surface area contributed by atoms with Gasteiger partial charge in [-0.25, -0.2) is 0 Å². The van der Waals surface area contributed by atoms with Crippen LogP contribution in [0.4, 0.5) is 0 Å². The predicted octanol–water partition coefficient (Wildman–Crippen LogP) is 2.18. The maximum absolute atomic E-state index is 12.1. The first-order chi connectivity index (χ1) is 6.88.